The van der Waals surface area contributed by atoms with Gasteiger partial charge in [0.1, 0.15) is 6.10 Å². The predicted molar refractivity (Wildman–Crippen MR) is 176 cm³/mol. The minimum Gasteiger partial charge on any atom is -0.481 e. The topological polar surface area (TPSA) is 63.6 Å². The van der Waals surface area contributed by atoms with E-state index in [1.165, 1.54) is 109 Å². The lowest BCUT2D eigenvalue weighted by atomic mass is 10.0. The van der Waals surface area contributed by atoms with Gasteiger partial charge >= 0.3 is 11.9 Å². The lowest BCUT2D eigenvalue weighted by molar-refractivity contribution is -0.150. The Balaban J connectivity index is 3.78. The highest BCUT2D eigenvalue weighted by Gasteiger charge is 2.14. The quantitative estimate of drug-likeness (QED) is 0.0491. The summed E-state index contributed by atoms with van der Waals surface area (Å²) in [5.74, 6) is -0.765. The second-order valence-corrected chi connectivity index (χ2v) is 12.1. The van der Waals surface area contributed by atoms with Crippen LogP contribution in [0.1, 0.15) is 194 Å². The van der Waals surface area contributed by atoms with Crippen molar-refractivity contribution in [2.75, 3.05) is 0 Å². The molecule has 0 saturated heterocycles. The van der Waals surface area contributed by atoms with Gasteiger partial charge in [-0.25, -0.2) is 0 Å². The Kier molecular flexibility index (Phi) is 31.7. The molecule has 4 nitrogen and oxygen atoms in total. The molecule has 0 spiro atoms. The molecule has 0 rings (SSSR count). The first-order valence-electron chi connectivity index (χ1n) is 17.8. The van der Waals surface area contributed by atoms with Crippen molar-refractivity contribution in [2.45, 2.75) is 200 Å². The number of carbonyl (C=O) groups excluding carboxylic acids is 1. The first kappa shape index (κ1) is 39.4. The van der Waals surface area contributed by atoms with Crippen LogP contribution in [0.15, 0.2) is 24.3 Å². The van der Waals surface area contributed by atoms with Crippen molar-refractivity contribution in [3.05, 3.63) is 24.3 Å². The standard InChI is InChI=1S/C37H68O4/c1-3-5-7-9-11-12-13-14-15-16-17-18-19-20-21-22-23-25-30-34-37(40)41-35(31-27-24-10-8-6-4-2)32-28-26-29-33-36(38)39/h11-12,14-15,35H,3-10,13,16-34H2,1-2H3,(H,38,39)/b12-11-,15-14-. The highest BCUT2D eigenvalue weighted by Crippen LogP contribution is 2.18. The zero-order chi connectivity index (χ0) is 30.1. The number of hydrogen-bond acceptors (Lipinski definition) is 3. The first-order chi connectivity index (χ1) is 20.1. The van der Waals surface area contributed by atoms with E-state index in [-0.39, 0.29) is 18.5 Å². The van der Waals surface area contributed by atoms with Crippen LogP contribution in [-0.2, 0) is 14.3 Å². The number of carbonyl (C=O) groups is 2. The number of aliphatic carboxylic acids is 1. The van der Waals surface area contributed by atoms with E-state index < -0.39 is 5.97 Å². The van der Waals surface area contributed by atoms with Crippen LogP contribution in [0.25, 0.3) is 0 Å². The van der Waals surface area contributed by atoms with Gasteiger partial charge in [0.2, 0.25) is 0 Å². The highest BCUT2D eigenvalue weighted by atomic mass is 16.5. The van der Waals surface area contributed by atoms with Crippen molar-refractivity contribution in [1.82, 2.24) is 0 Å². The van der Waals surface area contributed by atoms with Crippen LogP contribution < -0.4 is 0 Å². The average molecular weight is 577 g/mol. The van der Waals surface area contributed by atoms with Gasteiger partial charge in [-0.15, -0.1) is 0 Å². The molecular weight excluding hydrogens is 508 g/mol. The third-order valence-electron chi connectivity index (χ3n) is 7.93. The number of carboxylic acid groups (broad SMARTS) is 1. The molecule has 1 unspecified atom stereocenters. The molecule has 0 saturated carbocycles. The maximum Gasteiger partial charge on any atom is 0.306 e. The van der Waals surface area contributed by atoms with Crippen LogP contribution in [0.3, 0.4) is 0 Å². The van der Waals surface area contributed by atoms with Crippen LogP contribution in [0.2, 0.25) is 0 Å². The van der Waals surface area contributed by atoms with E-state index in [1.54, 1.807) is 0 Å². The molecule has 0 aliphatic carbocycles. The van der Waals surface area contributed by atoms with Gasteiger partial charge in [-0.05, 0) is 70.6 Å². The molecule has 0 aromatic rings. The molecule has 0 aromatic carbocycles. The minimum absolute atomic E-state index is 0.00570. The van der Waals surface area contributed by atoms with Gasteiger partial charge < -0.3 is 9.84 Å². The van der Waals surface area contributed by atoms with Gasteiger partial charge in [-0.1, -0.05) is 134 Å². The number of unbranched alkanes of at least 4 members (excludes halogenated alkanes) is 19. The number of rotatable bonds is 32. The number of allylic oxidation sites excluding steroid dienone is 4. The predicted octanol–water partition coefficient (Wildman–Crippen LogP) is 12.1. The lowest BCUT2D eigenvalue weighted by Gasteiger charge is -2.18. The normalized spacial score (nSPS) is 12.4. The molecule has 0 amide bonds. The van der Waals surface area contributed by atoms with E-state index in [4.69, 9.17) is 9.84 Å². The summed E-state index contributed by atoms with van der Waals surface area (Å²) >= 11 is 0. The van der Waals surface area contributed by atoms with Crippen LogP contribution in [0.4, 0.5) is 0 Å². The van der Waals surface area contributed by atoms with Crippen molar-refractivity contribution < 1.29 is 19.4 Å². The summed E-state index contributed by atoms with van der Waals surface area (Å²) in [5, 5.41) is 8.82. The zero-order valence-corrected chi connectivity index (χ0v) is 27.4. The van der Waals surface area contributed by atoms with Gasteiger partial charge in [0.05, 0.1) is 0 Å². The smallest absolute Gasteiger partial charge is 0.306 e. The fourth-order valence-corrected chi connectivity index (χ4v) is 5.27. The van der Waals surface area contributed by atoms with E-state index >= 15 is 0 Å². The second-order valence-electron chi connectivity index (χ2n) is 12.1. The van der Waals surface area contributed by atoms with Crippen LogP contribution in [0.5, 0.6) is 0 Å². The van der Waals surface area contributed by atoms with Crippen molar-refractivity contribution in [2.24, 2.45) is 0 Å². The van der Waals surface area contributed by atoms with Gasteiger partial charge in [0, 0.05) is 12.8 Å². The van der Waals surface area contributed by atoms with E-state index in [2.05, 4.69) is 38.2 Å². The second kappa shape index (κ2) is 32.9. The average Bonchev–Trinajstić information content (AvgIpc) is 2.95. The number of hydrogen-bond donors (Lipinski definition) is 1. The van der Waals surface area contributed by atoms with Gasteiger partial charge in [0.15, 0.2) is 0 Å². The summed E-state index contributed by atoms with van der Waals surface area (Å²) in [7, 11) is 0. The molecule has 0 bridgehead atoms. The monoisotopic (exact) mass is 577 g/mol. The third-order valence-corrected chi connectivity index (χ3v) is 7.93. The lowest BCUT2D eigenvalue weighted by Crippen LogP contribution is -2.18. The maximum absolute atomic E-state index is 12.5. The molecule has 240 valence electrons. The fourth-order valence-electron chi connectivity index (χ4n) is 5.27. The molecule has 1 N–H and O–H groups in total. The summed E-state index contributed by atoms with van der Waals surface area (Å²) in [5.41, 5.74) is 0. The van der Waals surface area contributed by atoms with Crippen molar-refractivity contribution in [3.63, 3.8) is 0 Å². The van der Waals surface area contributed by atoms with Crippen molar-refractivity contribution >= 4 is 11.9 Å². The molecule has 1 atom stereocenters. The summed E-state index contributed by atoms with van der Waals surface area (Å²) in [6.07, 6.45) is 40.5. The number of carboxylic acids is 1. The third kappa shape index (κ3) is 32.8. The number of ether oxygens (including phenoxy) is 1. The summed E-state index contributed by atoms with van der Waals surface area (Å²) < 4.78 is 5.88. The number of esters is 1. The van der Waals surface area contributed by atoms with Crippen LogP contribution >= 0.6 is 0 Å². The SMILES string of the molecule is CCCCC/C=C\C/C=C\CCCCCCCCCCCC(=O)OC(CCCCCCCC)CCCCCC(=O)O. The first-order valence-corrected chi connectivity index (χ1v) is 17.8. The summed E-state index contributed by atoms with van der Waals surface area (Å²) in [6, 6.07) is 0. The Bertz CT molecular complexity index is 624. The molecule has 0 fully saturated rings. The largest absolute Gasteiger partial charge is 0.481 e. The molecule has 4 heteroatoms. The molecule has 0 aliphatic rings. The van der Waals surface area contributed by atoms with Gasteiger partial charge in [-0.3, -0.25) is 9.59 Å². The summed E-state index contributed by atoms with van der Waals surface area (Å²) in [4.78, 5) is 23.2. The van der Waals surface area contributed by atoms with Gasteiger partial charge in [0.25, 0.3) is 0 Å². The van der Waals surface area contributed by atoms with E-state index in [0.29, 0.717) is 12.8 Å². The van der Waals surface area contributed by atoms with Crippen LogP contribution in [-0.4, -0.2) is 23.1 Å². The highest BCUT2D eigenvalue weighted by molar-refractivity contribution is 5.69. The Morgan fingerprint density at radius 2 is 0.951 bits per heavy atom. The van der Waals surface area contributed by atoms with E-state index in [9.17, 15) is 9.59 Å². The minimum atomic E-state index is -0.726. The van der Waals surface area contributed by atoms with Gasteiger partial charge in [-0.2, -0.15) is 0 Å². The van der Waals surface area contributed by atoms with Crippen molar-refractivity contribution in [1.29, 1.82) is 0 Å². The molecule has 0 aliphatic heterocycles. The fraction of sp³-hybridized carbons (Fsp3) is 0.838. The molecule has 0 radical (unpaired) electrons. The Labute approximate surface area is 255 Å². The molecule has 41 heavy (non-hydrogen) atoms. The Hall–Kier alpha value is -1.58. The van der Waals surface area contributed by atoms with Crippen molar-refractivity contribution in [3.8, 4) is 0 Å². The Morgan fingerprint density at radius 1 is 0.537 bits per heavy atom. The maximum atomic E-state index is 12.5. The van der Waals surface area contributed by atoms with E-state index in [0.717, 1.165) is 51.4 Å². The summed E-state index contributed by atoms with van der Waals surface area (Å²) in [6.45, 7) is 4.49. The molecule has 0 heterocycles. The molecular formula is C37H68O4. The van der Waals surface area contributed by atoms with Crippen LogP contribution in [0, 0.1) is 0 Å². The molecule has 0 aromatic heterocycles. The Morgan fingerprint density at radius 3 is 1.51 bits per heavy atom. The zero-order valence-electron chi connectivity index (χ0n) is 27.4. The van der Waals surface area contributed by atoms with E-state index in [1.807, 2.05) is 0 Å².